The molecule has 0 spiro atoms. The highest BCUT2D eigenvalue weighted by Crippen LogP contribution is 2.14. The van der Waals surface area contributed by atoms with Gasteiger partial charge in [0.05, 0.1) is 0 Å². The van der Waals surface area contributed by atoms with E-state index in [2.05, 4.69) is 6.58 Å². The van der Waals surface area contributed by atoms with Crippen molar-refractivity contribution in [3.63, 3.8) is 0 Å². The van der Waals surface area contributed by atoms with Gasteiger partial charge in [0.2, 0.25) is 0 Å². The van der Waals surface area contributed by atoms with Gasteiger partial charge in [0, 0.05) is 6.08 Å². The molecule has 0 N–H and O–H groups in total. The van der Waals surface area contributed by atoms with Crippen LogP contribution in [0.2, 0.25) is 0 Å². The topological polar surface area (TPSA) is 26.3 Å². The molecule has 0 radical (unpaired) electrons. The molecule has 0 fully saturated rings. The van der Waals surface area contributed by atoms with Crippen LogP contribution in [0, 0.1) is 0 Å². The molecule has 2 nitrogen and oxygen atoms in total. The SMILES string of the molecule is C=C/C=C\C=C1/COC(=O)C=C1C. The van der Waals surface area contributed by atoms with Crippen molar-refractivity contribution in [2.24, 2.45) is 0 Å². The summed E-state index contributed by atoms with van der Waals surface area (Å²) in [5.41, 5.74) is 1.99. The first-order valence-electron chi connectivity index (χ1n) is 4.07. The number of ether oxygens (including phenoxy) is 1. The van der Waals surface area contributed by atoms with E-state index >= 15 is 0 Å². The summed E-state index contributed by atoms with van der Waals surface area (Å²) < 4.78 is 4.85. The lowest BCUT2D eigenvalue weighted by Crippen LogP contribution is -2.12. The molecule has 0 unspecified atom stereocenters. The lowest BCUT2D eigenvalue weighted by atomic mass is 10.1. The normalized spacial score (nSPS) is 20.2. The van der Waals surface area contributed by atoms with Crippen molar-refractivity contribution in [2.75, 3.05) is 6.61 Å². The van der Waals surface area contributed by atoms with E-state index < -0.39 is 0 Å². The van der Waals surface area contributed by atoms with Gasteiger partial charge in [-0.15, -0.1) is 0 Å². The number of hydrogen-bond donors (Lipinski definition) is 0. The molecule has 0 amide bonds. The molecule has 13 heavy (non-hydrogen) atoms. The van der Waals surface area contributed by atoms with Crippen LogP contribution in [-0.4, -0.2) is 12.6 Å². The maximum atomic E-state index is 10.8. The Morgan fingerprint density at radius 2 is 2.31 bits per heavy atom. The average Bonchev–Trinajstić information content (AvgIpc) is 2.09. The quantitative estimate of drug-likeness (QED) is 0.476. The fourth-order valence-electron chi connectivity index (χ4n) is 1.00. The smallest absolute Gasteiger partial charge is 0.331 e. The zero-order valence-corrected chi connectivity index (χ0v) is 7.62. The van der Waals surface area contributed by atoms with E-state index in [1.807, 2.05) is 25.2 Å². The van der Waals surface area contributed by atoms with Gasteiger partial charge in [-0.05, 0) is 18.1 Å². The summed E-state index contributed by atoms with van der Waals surface area (Å²) in [6, 6.07) is 0. The number of rotatable bonds is 2. The van der Waals surface area contributed by atoms with Crippen molar-refractivity contribution in [2.45, 2.75) is 6.92 Å². The zero-order chi connectivity index (χ0) is 9.68. The van der Waals surface area contributed by atoms with Gasteiger partial charge in [0.25, 0.3) is 0 Å². The van der Waals surface area contributed by atoms with Crippen LogP contribution in [0.4, 0.5) is 0 Å². The van der Waals surface area contributed by atoms with Crippen LogP contribution in [-0.2, 0) is 9.53 Å². The van der Waals surface area contributed by atoms with Crippen LogP contribution >= 0.6 is 0 Å². The molecule has 0 saturated heterocycles. The van der Waals surface area contributed by atoms with Crippen molar-refractivity contribution in [3.05, 3.63) is 48.1 Å². The second kappa shape index (κ2) is 4.45. The molecule has 1 rings (SSSR count). The Balaban J connectivity index is 2.77. The summed E-state index contributed by atoms with van der Waals surface area (Å²) in [6.07, 6.45) is 8.82. The molecule has 0 atom stereocenters. The zero-order valence-electron chi connectivity index (χ0n) is 7.62. The van der Waals surface area contributed by atoms with Crippen LogP contribution in [0.5, 0.6) is 0 Å². The average molecular weight is 176 g/mol. The fraction of sp³-hybridized carbons (Fsp3) is 0.182. The van der Waals surface area contributed by atoms with Gasteiger partial charge in [0.1, 0.15) is 6.61 Å². The third-order valence-corrected chi connectivity index (χ3v) is 1.76. The maximum Gasteiger partial charge on any atom is 0.331 e. The van der Waals surface area contributed by atoms with E-state index in [1.165, 1.54) is 6.08 Å². The summed E-state index contributed by atoms with van der Waals surface area (Å²) in [5, 5.41) is 0. The molecular formula is C11H12O2. The van der Waals surface area contributed by atoms with Crippen molar-refractivity contribution >= 4 is 5.97 Å². The monoisotopic (exact) mass is 176 g/mol. The predicted octanol–water partition coefficient (Wildman–Crippen LogP) is 2.16. The summed E-state index contributed by atoms with van der Waals surface area (Å²) in [6.45, 7) is 5.82. The van der Waals surface area contributed by atoms with Gasteiger partial charge in [-0.2, -0.15) is 0 Å². The van der Waals surface area contributed by atoms with E-state index in [4.69, 9.17) is 4.74 Å². The van der Waals surface area contributed by atoms with Crippen molar-refractivity contribution in [1.82, 2.24) is 0 Å². The van der Waals surface area contributed by atoms with Gasteiger partial charge in [-0.1, -0.05) is 30.9 Å². The molecular weight excluding hydrogens is 164 g/mol. The van der Waals surface area contributed by atoms with Crippen LogP contribution in [0.15, 0.2) is 48.1 Å². The molecule has 68 valence electrons. The largest absolute Gasteiger partial charge is 0.458 e. The van der Waals surface area contributed by atoms with Crippen LogP contribution in [0.25, 0.3) is 0 Å². The second-order valence-corrected chi connectivity index (χ2v) is 2.75. The lowest BCUT2D eigenvalue weighted by Gasteiger charge is -2.12. The highest BCUT2D eigenvalue weighted by atomic mass is 16.5. The first kappa shape index (κ1) is 9.52. The molecule has 0 aliphatic carbocycles. The number of hydrogen-bond acceptors (Lipinski definition) is 2. The Morgan fingerprint density at radius 3 is 2.92 bits per heavy atom. The third kappa shape index (κ3) is 2.75. The third-order valence-electron chi connectivity index (χ3n) is 1.76. The standard InChI is InChI=1S/C11H12O2/c1-3-4-5-6-10-8-13-11(12)7-9(10)2/h3-7H,1,8H2,2H3/b5-4-,10-6+. The van der Waals surface area contributed by atoms with E-state index in [0.717, 1.165) is 11.1 Å². The molecule has 0 aromatic carbocycles. The molecule has 2 heteroatoms. The number of carbonyl (C=O) groups is 1. The molecule has 0 bridgehead atoms. The summed E-state index contributed by atoms with van der Waals surface area (Å²) >= 11 is 0. The lowest BCUT2D eigenvalue weighted by molar-refractivity contribution is -0.137. The Bertz CT molecular complexity index is 306. The van der Waals surface area contributed by atoms with Crippen molar-refractivity contribution in [3.8, 4) is 0 Å². The first-order valence-corrected chi connectivity index (χ1v) is 4.07. The number of allylic oxidation sites excluding steroid dienone is 4. The number of carbonyl (C=O) groups excluding carboxylic acids is 1. The Morgan fingerprint density at radius 1 is 1.54 bits per heavy atom. The van der Waals surface area contributed by atoms with E-state index in [0.29, 0.717) is 6.61 Å². The molecule has 1 heterocycles. The minimum absolute atomic E-state index is 0.262. The number of esters is 1. The molecule has 1 aliphatic heterocycles. The van der Waals surface area contributed by atoms with Crippen LogP contribution in [0.1, 0.15) is 6.92 Å². The molecule has 0 saturated carbocycles. The van der Waals surface area contributed by atoms with Gasteiger partial charge < -0.3 is 4.74 Å². The Labute approximate surface area is 77.9 Å². The molecule has 1 aliphatic rings. The molecule has 0 aromatic rings. The van der Waals surface area contributed by atoms with Crippen LogP contribution < -0.4 is 0 Å². The summed E-state index contributed by atoms with van der Waals surface area (Å²) in [4.78, 5) is 10.8. The van der Waals surface area contributed by atoms with Gasteiger partial charge in [-0.3, -0.25) is 0 Å². The van der Waals surface area contributed by atoms with E-state index in [-0.39, 0.29) is 5.97 Å². The first-order chi connectivity index (χ1) is 6.24. The van der Waals surface area contributed by atoms with Gasteiger partial charge in [-0.25, -0.2) is 4.79 Å². The van der Waals surface area contributed by atoms with Gasteiger partial charge in [0.15, 0.2) is 0 Å². The van der Waals surface area contributed by atoms with E-state index in [1.54, 1.807) is 6.08 Å². The summed E-state index contributed by atoms with van der Waals surface area (Å²) in [7, 11) is 0. The number of cyclic esters (lactones) is 1. The molecule has 0 aromatic heterocycles. The highest BCUT2D eigenvalue weighted by molar-refractivity contribution is 5.85. The fourth-order valence-corrected chi connectivity index (χ4v) is 1.00. The maximum absolute atomic E-state index is 10.8. The van der Waals surface area contributed by atoms with Gasteiger partial charge >= 0.3 is 5.97 Å². The van der Waals surface area contributed by atoms with Crippen molar-refractivity contribution < 1.29 is 9.53 Å². The second-order valence-electron chi connectivity index (χ2n) is 2.75. The minimum Gasteiger partial charge on any atom is -0.458 e. The predicted molar refractivity (Wildman–Crippen MR) is 52.1 cm³/mol. The Hall–Kier alpha value is -1.57. The van der Waals surface area contributed by atoms with E-state index in [9.17, 15) is 4.79 Å². The van der Waals surface area contributed by atoms with Crippen LogP contribution in [0.3, 0.4) is 0 Å². The Kier molecular flexibility index (Phi) is 3.26. The highest BCUT2D eigenvalue weighted by Gasteiger charge is 2.10. The summed E-state index contributed by atoms with van der Waals surface area (Å²) in [5.74, 6) is -0.262. The van der Waals surface area contributed by atoms with Crippen molar-refractivity contribution in [1.29, 1.82) is 0 Å². The minimum atomic E-state index is -0.262.